The largest absolute Gasteiger partial charge is 0.497 e. The smallest absolute Gasteiger partial charge is 0.314 e. The summed E-state index contributed by atoms with van der Waals surface area (Å²) < 4.78 is 35.0. The van der Waals surface area contributed by atoms with Crippen LogP contribution in [0.2, 0.25) is 0 Å². The van der Waals surface area contributed by atoms with E-state index in [1.165, 1.54) is 11.2 Å². The quantitative estimate of drug-likeness (QED) is 0.476. The molecule has 0 unspecified atom stereocenters. The molecule has 0 spiro atoms. The van der Waals surface area contributed by atoms with Gasteiger partial charge in [-0.15, -0.1) is 10.2 Å². The van der Waals surface area contributed by atoms with Gasteiger partial charge in [-0.1, -0.05) is 12.1 Å². The van der Waals surface area contributed by atoms with Crippen molar-refractivity contribution in [1.29, 1.82) is 0 Å². The van der Waals surface area contributed by atoms with E-state index in [-0.39, 0.29) is 11.8 Å². The molecule has 1 amide bonds. The van der Waals surface area contributed by atoms with Gasteiger partial charge in [0.25, 0.3) is 11.8 Å². The number of hydrazone groups is 1. The first-order valence-electron chi connectivity index (χ1n) is 8.16. The number of methoxy groups -OCH3 is 1. The van der Waals surface area contributed by atoms with Gasteiger partial charge in [0, 0.05) is 18.2 Å². The average Bonchev–Trinajstić information content (AvgIpc) is 3.22. The van der Waals surface area contributed by atoms with Gasteiger partial charge in [0.15, 0.2) is 0 Å². The fraction of sp³-hybridized carbons (Fsp3) is 0.158. The van der Waals surface area contributed by atoms with E-state index in [1.54, 1.807) is 62.7 Å². The minimum Gasteiger partial charge on any atom is -0.497 e. The standard InChI is InChI=1S/C19H16F2N4O3/c1-25(19(26)14-7-9-15(27-2)10-8-14)22-11-12-3-5-13(6-4-12)17-23-24-18(28-17)16(20)21/h3-11,16H,1-2H3/b22-11+. The number of alkyl halides is 2. The molecule has 0 bridgehead atoms. The summed E-state index contributed by atoms with van der Waals surface area (Å²) in [6, 6.07) is 13.3. The third-order valence-corrected chi connectivity index (χ3v) is 3.80. The van der Waals surface area contributed by atoms with Crippen molar-refractivity contribution in [2.75, 3.05) is 14.2 Å². The van der Waals surface area contributed by atoms with Crippen LogP contribution >= 0.6 is 0 Å². The number of carbonyl (C=O) groups is 1. The van der Waals surface area contributed by atoms with E-state index in [9.17, 15) is 13.6 Å². The first kappa shape index (κ1) is 19.2. The molecule has 2 aromatic carbocycles. The molecule has 7 nitrogen and oxygen atoms in total. The molecule has 0 aliphatic rings. The van der Waals surface area contributed by atoms with E-state index in [4.69, 9.17) is 9.15 Å². The van der Waals surface area contributed by atoms with Crippen molar-refractivity contribution in [2.45, 2.75) is 6.43 Å². The van der Waals surface area contributed by atoms with Crippen molar-refractivity contribution >= 4 is 12.1 Å². The van der Waals surface area contributed by atoms with E-state index in [0.29, 0.717) is 22.4 Å². The van der Waals surface area contributed by atoms with Gasteiger partial charge in [-0.05, 0) is 42.0 Å². The van der Waals surface area contributed by atoms with Crippen LogP contribution in [-0.2, 0) is 0 Å². The molecule has 0 saturated heterocycles. The van der Waals surface area contributed by atoms with Gasteiger partial charge in [0.1, 0.15) is 5.75 Å². The molecular formula is C19H16F2N4O3. The topological polar surface area (TPSA) is 80.8 Å². The molecule has 0 N–H and O–H groups in total. The SMILES string of the molecule is COc1ccc(C(=O)N(C)/N=C/c2ccc(-c3nnc(C(F)F)o3)cc2)cc1. The third kappa shape index (κ3) is 4.37. The Balaban J connectivity index is 1.66. The summed E-state index contributed by atoms with van der Waals surface area (Å²) in [6.07, 6.45) is -1.31. The Morgan fingerprint density at radius 2 is 1.82 bits per heavy atom. The van der Waals surface area contributed by atoms with Gasteiger partial charge in [0.05, 0.1) is 13.3 Å². The maximum atomic E-state index is 12.5. The van der Waals surface area contributed by atoms with Gasteiger partial charge in [-0.3, -0.25) is 4.79 Å². The Morgan fingerprint density at radius 3 is 2.39 bits per heavy atom. The predicted octanol–water partition coefficient (Wildman–Crippen LogP) is 3.79. The highest BCUT2D eigenvalue weighted by atomic mass is 19.3. The van der Waals surface area contributed by atoms with E-state index < -0.39 is 12.3 Å². The molecule has 0 saturated carbocycles. The van der Waals surface area contributed by atoms with Crippen molar-refractivity contribution in [3.8, 4) is 17.2 Å². The van der Waals surface area contributed by atoms with E-state index >= 15 is 0 Å². The summed E-state index contributed by atoms with van der Waals surface area (Å²) >= 11 is 0. The van der Waals surface area contributed by atoms with E-state index in [1.807, 2.05) is 0 Å². The van der Waals surface area contributed by atoms with Crippen LogP contribution in [0, 0.1) is 0 Å². The lowest BCUT2D eigenvalue weighted by molar-refractivity contribution is 0.0800. The zero-order chi connectivity index (χ0) is 20.1. The van der Waals surface area contributed by atoms with Crippen molar-refractivity contribution in [1.82, 2.24) is 15.2 Å². The van der Waals surface area contributed by atoms with Gasteiger partial charge in [0.2, 0.25) is 5.89 Å². The Hall–Kier alpha value is -3.62. The molecule has 1 aromatic heterocycles. The Labute approximate surface area is 159 Å². The fourth-order valence-corrected chi connectivity index (χ4v) is 2.28. The van der Waals surface area contributed by atoms with Crippen molar-refractivity contribution in [3.63, 3.8) is 0 Å². The maximum Gasteiger partial charge on any atom is 0.314 e. The summed E-state index contributed by atoms with van der Waals surface area (Å²) in [5.74, 6) is -0.337. The zero-order valence-electron chi connectivity index (χ0n) is 15.0. The number of ether oxygens (including phenoxy) is 1. The molecule has 0 fully saturated rings. The van der Waals surface area contributed by atoms with Gasteiger partial charge in [-0.25, -0.2) is 5.01 Å². The Kier molecular flexibility index (Phi) is 5.73. The third-order valence-electron chi connectivity index (χ3n) is 3.80. The maximum absolute atomic E-state index is 12.5. The second-order valence-corrected chi connectivity index (χ2v) is 5.67. The second-order valence-electron chi connectivity index (χ2n) is 5.67. The molecule has 1 heterocycles. The zero-order valence-corrected chi connectivity index (χ0v) is 15.0. The van der Waals surface area contributed by atoms with Gasteiger partial charge < -0.3 is 9.15 Å². The minimum atomic E-state index is -2.81. The summed E-state index contributed by atoms with van der Waals surface area (Å²) in [7, 11) is 3.09. The number of nitrogens with zero attached hydrogens (tertiary/aromatic N) is 4. The summed E-state index contributed by atoms with van der Waals surface area (Å²) in [4.78, 5) is 12.3. The second kappa shape index (κ2) is 8.38. The highest BCUT2D eigenvalue weighted by Gasteiger charge is 2.16. The summed E-state index contributed by atoms with van der Waals surface area (Å²) in [5, 5.41) is 12.2. The van der Waals surface area contributed by atoms with Crippen LogP contribution < -0.4 is 4.74 Å². The van der Waals surface area contributed by atoms with Crippen molar-refractivity contribution < 1.29 is 22.7 Å². The number of aromatic nitrogens is 2. The molecule has 0 aliphatic carbocycles. The lowest BCUT2D eigenvalue weighted by atomic mass is 10.1. The first-order valence-corrected chi connectivity index (χ1v) is 8.16. The van der Waals surface area contributed by atoms with E-state index in [2.05, 4.69) is 15.3 Å². The average molecular weight is 386 g/mol. The lowest BCUT2D eigenvalue weighted by Crippen LogP contribution is -2.21. The monoisotopic (exact) mass is 386 g/mol. The number of amides is 1. The normalized spacial score (nSPS) is 11.2. The summed E-state index contributed by atoms with van der Waals surface area (Å²) in [5.41, 5.74) is 1.67. The van der Waals surface area contributed by atoms with Crippen LogP contribution in [0.25, 0.3) is 11.5 Å². The lowest BCUT2D eigenvalue weighted by Gasteiger charge is -2.11. The molecular weight excluding hydrogens is 370 g/mol. The highest BCUT2D eigenvalue weighted by Crippen LogP contribution is 2.23. The molecule has 144 valence electrons. The number of hydrogen-bond acceptors (Lipinski definition) is 6. The molecule has 0 radical (unpaired) electrons. The highest BCUT2D eigenvalue weighted by molar-refractivity contribution is 5.94. The van der Waals surface area contributed by atoms with Crippen LogP contribution in [0.1, 0.15) is 28.2 Å². The molecule has 0 aliphatic heterocycles. The molecule has 0 atom stereocenters. The number of carbonyl (C=O) groups excluding carboxylic acids is 1. The molecule has 3 rings (SSSR count). The van der Waals surface area contributed by atoms with Crippen molar-refractivity contribution in [3.05, 3.63) is 65.5 Å². The van der Waals surface area contributed by atoms with Crippen LogP contribution in [-0.4, -0.2) is 41.5 Å². The fourth-order valence-electron chi connectivity index (χ4n) is 2.28. The van der Waals surface area contributed by atoms with E-state index in [0.717, 1.165) is 0 Å². The predicted molar refractivity (Wildman–Crippen MR) is 97.4 cm³/mol. The van der Waals surface area contributed by atoms with Crippen LogP contribution in [0.15, 0.2) is 58.0 Å². The molecule has 3 aromatic rings. The number of benzene rings is 2. The Bertz CT molecular complexity index is 970. The molecule has 9 heteroatoms. The van der Waals surface area contributed by atoms with Gasteiger partial charge >= 0.3 is 6.43 Å². The van der Waals surface area contributed by atoms with Crippen molar-refractivity contribution in [2.24, 2.45) is 5.10 Å². The Morgan fingerprint density at radius 1 is 1.14 bits per heavy atom. The minimum absolute atomic E-state index is 0.00518. The van der Waals surface area contributed by atoms with Crippen LogP contribution in [0.3, 0.4) is 0 Å². The number of rotatable bonds is 6. The van der Waals surface area contributed by atoms with Crippen LogP contribution in [0.4, 0.5) is 8.78 Å². The van der Waals surface area contributed by atoms with Crippen LogP contribution in [0.5, 0.6) is 5.75 Å². The number of halogens is 2. The summed E-state index contributed by atoms with van der Waals surface area (Å²) in [6.45, 7) is 0. The molecule has 28 heavy (non-hydrogen) atoms. The first-order chi connectivity index (χ1) is 13.5. The number of hydrogen-bond donors (Lipinski definition) is 0. The van der Waals surface area contributed by atoms with Gasteiger partial charge in [-0.2, -0.15) is 13.9 Å².